The third-order valence-corrected chi connectivity index (χ3v) is 4.63. The summed E-state index contributed by atoms with van der Waals surface area (Å²) < 4.78 is 5.21. The number of ether oxygens (including phenoxy) is 1. The molecule has 1 saturated heterocycles. The first-order valence-electron chi connectivity index (χ1n) is 11.0. The van der Waals surface area contributed by atoms with Crippen molar-refractivity contribution < 1.29 is 44.3 Å². The van der Waals surface area contributed by atoms with Gasteiger partial charge in [-0.1, -0.05) is 0 Å². The van der Waals surface area contributed by atoms with E-state index in [-0.39, 0.29) is 0 Å². The van der Waals surface area contributed by atoms with E-state index in [0.29, 0.717) is 24.3 Å². The molecule has 2 rings (SSSR count). The van der Waals surface area contributed by atoms with E-state index < -0.39 is 23.9 Å². The Labute approximate surface area is 210 Å². The lowest BCUT2D eigenvalue weighted by molar-refractivity contribution is -0.134. The van der Waals surface area contributed by atoms with Gasteiger partial charge in [0.1, 0.15) is 5.75 Å². The highest BCUT2D eigenvalue weighted by molar-refractivity contribution is 5.90. The molecular formula is C24H35N3O9. The second-order valence-corrected chi connectivity index (χ2v) is 7.70. The van der Waals surface area contributed by atoms with E-state index in [1.54, 1.807) is 7.11 Å². The molecule has 0 radical (unpaired) electrons. The summed E-state index contributed by atoms with van der Waals surface area (Å²) in [5.41, 5.74) is 1.30. The highest BCUT2D eigenvalue weighted by atomic mass is 16.5. The zero-order chi connectivity index (χ0) is 27.5. The third kappa shape index (κ3) is 17.6. The number of carboxylic acid groups (broad SMARTS) is 4. The molecule has 0 unspecified atom stereocenters. The molecule has 1 fully saturated rings. The molecule has 12 heteroatoms. The van der Waals surface area contributed by atoms with Crippen LogP contribution in [0.5, 0.6) is 5.75 Å². The van der Waals surface area contributed by atoms with Crippen molar-refractivity contribution in [3.05, 3.63) is 48.6 Å². The Morgan fingerprint density at radius 3 is 1.56 bits per heavy atom. The van der Waals surface area contributed by atoms with Crippen molar-refractivity contribution in [2.45, 2.75) is 6.42 Å². The minimum absolute atomic E-state index is 0.558. The van der Waals surface area contributed by atoms with E-state index in [4.69, 9.17) is 25.2 Å². The first kappa shape index (κ1) is 32.1. The van der Waals surface area contributed by atoms with Crippen molar-refractivity contribution in [2.24, 2.45) is 0 Å². The predicted octanol–water partition coefficient (Wildman–Crippen LogP) is 1.19. The van der Waals surface area contributed by atoms with E-state index in [1.807, 2.05) is 12.1 Å². The lowest BCUT2D eigenvalue weighted by Crippen LogP contribution is -2.46. The average Bonchev–Trinajstić information content (AvgIpc) is 2.82. The number of carbonyl (C=O) groups is 4. The molecular weight excluding hydrogens is 474 g/mol. The van der Waals surface area contributed by atoms with E-state index in [2.05, 4.69) is 40.9 Å². The molecule has 36 heavy (non-hydrogen) atoms. The standard InChI is InChI=1S/C16H27N3O.2C4H4O4/c1-17(2)9-4-10-18-11-13-19(14-12-18)15-5-7-16(20-3)8-6-15;2*5-3(6)1-2-4(7)8/h5-8H,4,9-14H2,1-3H3;2*1-2H,(H,5,6)(H,7,8). The summed E-state index contributed by atoms with van der Waals surface area (Å²) >= 11 is 0. The molecule has 0 aliphatic carbocycles. The monoisotopic (exact) mass is 509 g/mol. The van der Waals surface area contributed by atoms with Gasteiger partial charge in [-0.15, -0.1) is 0 Å². The van der Waals surface area contributed by atoms with Gasteiger partial charge in [-0.2, -0.15) is 0 Å². The topological polar surface area (TPSA) is 168 Å². The van der Waals surface area contributed by atoms with Crippen molar-refractivity contribution in [2.75, 3.05) is 65.4 Å². The van der Waals surface area contributed by atoms with Crippen LogP contribution in [0.15, 0.2) is 48.6 Å². The zero-order valence-electron chi connectivity index (χ0n) is 20.7. The van der Waals surface area contributed by atoms with Crippen molar-refractivity contribution >= 4 is 29.6 Å². The normalized spacial score (nSPS) is 13.5. The van der Waals surface area contributed by atoms with Gasteiger partial charge in [-0.05, 0) is 57.9 Å². The molecule has 0 spiro atoms. The smallest absolute Gasteiger partial charge is 0.328 e. The van der Waals surface area contributed by atoms with Crippen LogP contribution in [0.4, 0.5) is 5.69 Å². The quantitative estimate of drug-likeness (QED) is 0.333. The third-order valence-electron chi connectivity index (χ3n) is 4.63. The van der Waals surface area contributed by atoms with Gasteiger partial charge in [0.25, 0.3) is 0 Å². The van der Waals surface area contributed by atoms with Gasteiger partial charge in [-0.3, -0.25) is 4.90 Å². The molecule has 4 N–H and O–H groups in total. The molecule has 0 bridgehead atoms. The van der Waals surface area contributed by atoms with Gasteiger partial charge in [0, 0.05) is 56.2 Å². The number of piperazine rings is 1. The van der Waals surface area contributed by atoms with E-state index >= 15 is 0 Å². The van der Waals surface area contributed by atoms with Gasteiger partial charge in [-0.25, -0.2) is 19.2 Å². The van der Waals surface area contributed by atoms with E-state index in [9.17, 15) is 19.2 Å². The molecule has 1 aromatic rings. The molecule has 0 saturated carbocycles. The number of carboxylic acids is 4. The maximum absolute atomic E-state index is 9.55. The number of methoxy groups -OCH3 is 1. The van der Waals surface area contributed by atoms with Crippen LogP contribution in [-0.2, 0) is 19.2 Å². The Morgan fingerprint density at radius 2 is 1.22 bits per heavy atom. The average molecular weight is 510 g/mol. The SMILES string of the molecule is COc1ccc(N2CCN(CCCN(C)C)CC2)cc1.O=C(O)C=CC(=O)O.O=C(O)C=CC(=O)O. The number of aliphatic carboxylic acids is 4. The number of anilines is 1. The van der Waals surface area contributed by atoms with Gasteiger partial charge in [0.05, 0.1) is 7.11 Å². The molecule has 12 nitrogen and oxygen atoms in total. The number of nitrogens with zero attached hydrogens (tertiary/aromatic N) is 3. The number of hydrogen-bond acceptors (Lipinski definition) is 8. The van der Waals surface area contributed by atoms with Crippen molar-refractivity contribution in [1.82, 2.24) is 9.80 Å². The molecule has 1 aliphatic rings. The van der Waals surface area contributed by atoms with Crippen LogP contribution >= 0.6 is 0 Å². The van der Waals surface area contributed by atoms with E-state index in [0.717, 1.165) is 18.8 Å². The second kappa shape index (κ2) is 18.4. The Bertz CT molecular complexity index is 809. The second-order valence-electron chi connectivity index (χ2n) is 7.70. The van der Waals surface area contributed by atoms with Crippen LogP contribution in [0.25, 0.3) is 0 Å². The first-order chi connectivity index (χ1) is 16.9. The van der Waals surface area contributed by atoms with Crippen molar-refractivity contribution in [3.8, 4) is 5.75 Å². The molecule has 1 aromatic carbocycles. The van der Waals surface area contributed by atoms with Gasteiger partial charge in [0.2, 0.25) is 0 Å². The summed E-state index contributed by atoms with van der Waals surface area (Å²) in [5, 5.41) is 31.2. The van der Waals surface area contributed by atoms with Gasteiger partial charge in [0.15, 0.2) is 0 Å². The fourth-order valence-electron chi connectivity index (χ4n) is 2.92. The minimum Gasteiger partial charge on any atom is -0.497 e. The summed E-state index contributed by atoms with van der Waals surface area (Å²) in [5.74, 6) is -4.10. The Morgan fingerprint density at radius 1 is 0.806 bits per heavy atom. The van der Waals surface area contributed by atoms with Crippen LogP contribution < -0.4 is 9.64 Å². The predicted molar refractivity (Wildman–Crippen MR) is 134 cm³/mol. The zero-order valence-corrected chi connectivity index (χ0v) is 20.7. The Hall–Kier alpha value is -3.90. The first-order valence-corrected chi connectivity index (χ1v) is 11.0. The van der Waals surface area contributed by atoms with E-state index in [1.165, 1.54) is 38.3 Å². The minimum atomic E-state index is -1.26. The molecule has 1 heterocycles. The largest absolute Gasteiger partial charge is 0.497 e. The highest BCUT2D eigenvalue weighted by Gasteiger charge is 2.16. The van der Waals surface area contributed by atoms with Crippen LogP contribution in [0.3, 0.4) is 0 Å². The highest BCUT2D eigenvalue weighted by Crippen LogP contribution is 2.20. The molecule has 1 aliphatic heterocycles. The number of hydrogen-bond donors (Lipinski definition) is 4. The van der Waals surface area contributed by atoms with Crippen LogP contribution in [-0.4, -0.2) is 115 Å². The summed E-state index contributed by atoms with van der Waals surface area (Å²) in [6, 6.07) is 8.39. The summed E-state index contributed by atoms with van der Waals surface area (Å²) in [4.78, 5) is 45.5. The summed E-state index contributed by atoms with van der Waals surface area (Å²) in [6.45, 7) is 6.97. The maximum atomic E-state index is 9.55. The fourth-order valence-corrected chi connectivity index (χ4v) is 2.92. The lowest BCUT2D eigenvalue weighted by Gasteiger charge is -2.36. The van der Waals surface area contributed by atoms with Gasteiger partial charge < -0.3 is 35.0 Å². The fraction of sp³-hybridized carbons (Fsp3) is 0.417. The van der Waals surface area contributed by atoms with Crippen LogP contribution in [0.1, 0.15) is 6.42 Å². The molecule has 200 valence electrons. The molecule has 0 aromatic heterocycles. The Balaban J connectivity index is 0.000000634. The summed E-state index contributed by atoms with van der Waals surface area (Å²) in [7, 11) is 5.99. The maximum Gasteiger partial charge on any atom is 0.328 e. The lowest BCUT2D eigenvalue weighted by atomic mass is 10.2. The van der Waals surface area contributed by atoms with Gasteiger partial charge >= 0.3 is 23.9 Å². The molecule has 0 amide bonds. The Kier molecular flexibility index (Phi) is 16.4. The van der Waals surface area contributed by atoms with Crippen LogP contribution in [0.2, 0.25) is 0 Å². The van der Waals surface area contributed by atoms with Crippen molar-refractivity contribution in [1.29, 1.82) is 0 Å². The number of benzene rings is 1. The van der Waals surface area contributed by atoms with Crippen LogP contribution in [0, 0.1) is 0 Å². The number of rotatable bonds is 10. The van der Waals surface area contributed by atoms with Crippen molar-refractivity contribution in [3.63, 3.8) is 0 Å². The molecule has 0 atom stereocenters. The summed E-state index contributed by atoms with van der Waals surface area (Å²) in [6.07, 6.45) is 3.49.